The van der Waals surface area contributed by atoms with E-state index in [1.54, 1.807) is 15.6 Å². The number of aryl methyl sites for hydroxylation is 1. The summed E-state index contributed by atoms with van der Waals surface area (Å²) >= 11 is 6.23. The third kappa shape index (κ3) is 3.27. The van der Waals surface area contributed by atoms with Gasteiger partial charge in [0.05, 0.1) is 23.3 Å². The molecule has 1 atom stereocenters. The summed E-state index contributed by atoms with van der Waals surface area (Å²) in [4.78, 5) is 16.6. The molecule has 2 heterocycles. The predicted octanol–water partition coefficient (Wildman–Crippen LogP) is 1.97. The van der Waals surface area contributed by atoms with Crippen molar-refractivity contribution in [3.05, 3.63) is 35.1 Å². The number of amides is 1. The Morgan fingerprint density at radius 1 is 1.38 bits per heavy atom. The summed E-state index contributed by atoms with van der Waals surface area (Å²) < 4.78 is 1.79. The molecule has 1 aromatic carbocycles. The fourth-order valence-electron chi connectivity index (χ4n) is 3.04. The lowest BCUT2D eigenvalue weighted by molar-refractivity contribution is -0.121. The monoisotopic (exact) mass is 348 g/mol. The zero-order chi connectivity index (χ0) is 17.1. The van der Waals surface area contributed by atoms with Gasteiger partial charge in [0.15, 0.2) is 5.82 Å². The molecule has 3 rings (SSSR count). The molecule has 24 heavy (non-hydrogen) atoms. The van der Waals surface area contributed by atoms with Gasteiger partial charge in [-0.15, -0.1) is 5.10 Å². The maximum absolute atomic E-state index is 12.8. The van der Waals surface area contributed by atoms with Crippen LogP contribution in [0.15, 0.2) is 24.3 Å². The summed E-state index contributed by atoms with van der Waals surface area (Å²) in [6.45, 7) is 4.06. The van der Waals surface area contributed by atoms with E-state index in [0.717, 1.165) is 30.9 Å². The van der Waals surface area contributed by atoms with Gasteiger partial charge in [0, 0.05) is 13.1 Å². The number of benzene rings is 1. The van der Waals surface area contributed by atoms with Gasteiger partial charge in [0.2, 0.25) is 5.91 Å². The molecule has 1 aliphatic heterocycles. The lowest BCUT2D eigenvalue weighted by Crippen LogP contribution is -2.40. The summed E-state index contributed by atoms with van der Waals surface area (Å²) in [7, 11) is 1.93. The second-order valence-corrected chi connectivity index (χ2v) is 6.39. The lowest BCUT2D eigenvalue weighted by Gasteiger charge is -2.23. The molecule has 1 fully saturated rings. The zero-order valence-corrected chi connectivity index (χ0v) is 14.6. The predicted molar refractivity (Wildman–Crippen MR) is 91.8 cm³/mol. The molecule has 1 amide bonds. The van der Waals surface area contributed by atoms with Crippen LogP contribution in [-0.4, -0.2) is 50.6 Å². The van der Waals surface area contributed by atoms with Gasteiger partial charge >= 0.3 is 0 Å². The maximum Gasteiger partial charge on any atom is 0.244 e. The first-order valence-corrected chi connectivity index (χ1v) is 8.50. The summed E-state index contributed by atoms with van der Waals surface area (Å²) in [6.07, 6.45) is 1.72. The molecule has 8 heteroatoms. The lowest BCUT2D eigenvalue weighted by atomic mass is 10.2. The van der Waals surface area contributed by atoms with Crippen molar-refractivity contribution in [2.45, 2.75) is 38.9 Å². The molecule has 1 aromatic heterocycles. The highest BCUT2D eigenvalue weighted by atomic mass is 35.5. The van der Waals surface area contributed by atoms with Gasteiger partial charge in [0.25, 0.3) is 0 Å². The molecule has 128 valence electrons. The van der Waals surface area contributed by atoms with E-state index in [1.807, 2.05) is 30.1 Å². The van der Waals surface area contributed by atoms with Crippen LogP contribution < -0.4 is 4.90 Å². The van der Waals surface area contributed by atoms with Gasteiger partial charge in [-0.25, -0.2) is 4.68 Å². The molecule has 2 aromatic rings. The summed E-state index contributed by atoms with van der Waals surface area (Å²) in [6, 6.07) is 7.26. The molecule has 0 spiro atoms. The van der Waals surface area contributed by atoms with Gasteiger partial charge in [-0.1, -0.05) is 30.7 Å². The second kappa shape index (κ2) is 7.27. The summed E-state index contributed by atoms with van der Waals surface area (Å²) in [5.74, 6) is 0.850. The van der Waals surface area contributed by atoms with Crippen LogP contribution in [0.4, 0.5) is 5.69 Å². The van der Waals surface area contributed by atoms with E-state index in [2.05, 4.69) is 22.4 Å². The summed E-state index contributed by atoms with van der Waals surface area (Å²) in [5.41, 5.74) is 0.774. The zero-order valence-electron chi connectivity index (χ0n) is 13.9. The maximum atomic E-state index is 12.8. The quantitative estimate of drug-likeness (QED) is 0.798. The first-order chi connectivity index (χ1) is 11.6. The average Bonchev–Trinajstić information content (AvgIpc) is 3.15. The Morgan fingerprint density at radius 3 is 2.92 bits per heavy atom. The fraction of sp³-hybridized carbons (Fsp3) is 0.500. The largest absolute Gasteiger partial charge is 0.310 e. The van der Waals surface area contributed by atoms with Crippen LogP contribution in [0.1, 0.15) is 25.6 Å². The van der Waals surface area contributed by atoms with Crippen molar-refractivity contribution in [1.29, 1.82) is 0 Å². The average molecular weight is 349 g/mol. The summed E-state index contributed by atoms with van der Waals surface area (Å²) in [5, 5.41) is 12.4. The number of hydrogen-bond acceptors (Lipinski definition) is 5. The number of tetrazole rings is 1. The Kier molecular flexibility index (Phi) is 5.11. The van der Waals surface area contributed by atoms with Crippen molar-refractivity contribution in [3.8, 4) is 0 Å². The number of anilines is 1. The smallest absolute Gasteiger partial charge is 0.244 e. The van der Waals surface area contributed by atoms with Crippen LogP contribution in [-0.2, 0) is 17.9 Å². The molecule has 0 unspecified atom stereocenters. The number of nitrogens with zero attached hydrogens (tertiary/aromatic N) is 6. The highest BCUT2D eigenvalue weighted by Crippen LogP contribution is 2.30. The Balaban J connectivity index is 1.71. The van der Waals surface area contributed by atoms with Crippen molar-refractivity contribution in [2.75, 3.05) is 18.5 Å². The molecule has 1 saturated heterocycles. The number of rotatable bonds is 6. The first kappa shape index (κ1) is 16.9. The van der Waals surface area contributed by atoms with E-state index in [1.165, 1.54) is 0 Å². The van der Waals surface area contributed by atoms with Crippen molar-refractivity contribution >= 4 is 23.2 Å². The van der Waals surface area contributed by atoms with Crippen LogP contribution in [0, 0.1) is 0 Å². The van der Waals surface area contributed by atoms with Crippen molar-refractivity contribution in [3.63, 3.8) is 0 Å². The van der Waals surface area contributed by atoms with Crippen LogP contribution in [0.2, 0.25) is 5.02 Å². The van der Waals surface area contributed by atoms with E-state index in [9.17, 15) is 4.79 Å². The van der Waals surface area contributed by atoms with E-state index in [4.69, 9.17) is 11.6 Å². The minimum atomic E-state index is -0.187. The van der Waals surface area contributed by atoms with Crippen molar-refractivity contribution in [1.82, 2.24) is 25.1 Å². The number of para-hydroxylation sites is 1. The normalized spacial score (nSPS) is 17.9. The van der Waals surface area contributed by atoms with Gasteiger partial charge < -0.3 is 4.90 Å². The van der Waals surface area contributed by atoms with E-state index in [0.29, 0.717) is 18.1 Å². The molecule has 0 radical (unpaired) electrons. The Morgan fingerprint density at radius 2 is 2.17 bits per heavy atom. The number of halogens is 1. The van der Waals surface area contributed by atoms with E-state index < -0.39 is 0 Å². The van der Waals surface area contributed by atoms with Crippen LogP contribution in [0.3, 0.4) is 0 Å². The number of likely N-dealkylation sites (N-methyl/N-ethyl adjacent to an activating group) is 1. The highest BCUT2D eigenvalue weighted by Gasteiger charge is 2.36. The van der Waals surface area contributed by atoms with Crippen molar-refractivity contribution in [2.24, 2.45) is 0 Å². The Bertz CT molecular complexity index is 718. The highest BCUT2D eigenvalue weighted by molar-refractivity contribution is 6.33. The van der Waals surface area contributed by atoms with E-state index >= 15 is 0 Å². The van der Waals surface area contributed by atoms with Crippen LogP contribution >= 0.6 is 11.6 Å². The van der Waals surface area contributed by atoms with Gasteiger partial charge in [0.1, 0.15) is 0 Å². The van der Waals surface area contributed by atoms with Crippen LogP contribution in [0.5, 0.6) is 0 Å². The number of carbonyl (C=O) groups is 1. The minimum Gasteiger partial charge on any atom is -0.310 e. The minimum absolute atomic E-state index is 0.0696. The number of hydrogen-bond donors (Lipinski definition) is 0. The molecule has 0 saturated carbocycles. The van der Waals surface area contributed by atoms with Crippen molar-refractivity contribution < 1.29 is 4.79 Å². The topological polar surface area (TPSA) is 67.2 Å². The van der Waals surface area contributed by atoms with E-state index in [-0.39, 0.29) is 11.9 Å². The van der Waals surface area contributed by atoms with Gasteiger partial charge in [-0.2, -0.15) is 0 Å². The second-order valence-electron chi connectivity index (χ2n) is 5.98. The molecule has 0 bridgehead atoms. The standard InChI is InChI=1S/C16H21ClN6O/c1-3-9-23-15(18-19-20-23)11-21(2)14-8-10-22(16(14)24)13-7-5-4-6-12(13)17/h4-7,14H,3,8-11H2,1-2H3/t14-/m1/s1. The molecular weight excluding hydrogens is 328 g/mol. The van der Waals surface area contributed by atoms with Gasteiger partial charge in [-0.05, 0) is 42.4 Å². The SMILES string of the molecule is CCCn1nnnc1CN(C)[C@@H]1CCN(c2ccccc2Cl)C1=O. The number of carbonyl (C=O) groups excluding carboxylic acids is 1. The fourth-order valence-corrected chi connectivity index (χ4v) is 3.28. The molecule has 0 aliphatic carbocycles. The molecule has 0 N–H and O–H groups in total. The van der Waals surface area contributed by atoms with Gasteiger partial charge in [-0.3, -0.25) is 9.69 Å². The number of aromatic nitrogens is 4. The first-order valence-electron chi connectivity index (χ1n) is 8.13. The third-order valence-electron chi connectivity index (χ3n) is 4.28. The molecular formula is C16H21ClN6O. The molecule has 7 nitrogen and oxygen atoms in total. The Labute approximate surface area is 146 Å². The Hall–Kier alpha value is -1.99. The third-order valence-corrected chi connectivity index (χ3v) is 4.60. The van der Waals surface area contributed by atoms with Crippen LogP contribution in [0.25, 0.3) is 0 Å². The molecule has 1 aliphatic rings.